The summed E-state index contributed by atoms with van der Waals surface area (Å²) in [5.74, 6) is -36.3. The van der Waals surface area contributed by atoms with Gasteiger partial charge in [0.05, 0.1) is 0 Å². The van der Waals surface area contributed by atoms with E-state index in [1.54, 1.807) is 0 Å². The third-order valence-electron chi connectivity index (χ3n) is 9.96. The number of carbonyl (C=O) groups excluding carboxylic acids is 10. The zero-order chi connectivity index (χ0) is 93.5. The molecule has 0 aromatic heterocycles. The van der Waals surface area contributed by atoms with Crippen LogP contribution >= 0.6 is 103 Å². The van der Waals surface area contributed by atoms with Gasteiger partial charge in [-0.1, -0.05) is 0 Å². The van der Waals surface area contributed by atoms with Gasteiger partial charge in [-0.25, -0.2) is 0 Å². The number of carboxylic acids is 5. The molecule has 5 aromatic carbocycles. The first-order valence-corrected chi connectivity index (χ1v) is 41.4. The molecule has 30 nitrogen and oxygen atoms in total. The van der Waals surface area contributed by atoms with Gasteiger partial charge in [0.15, 0.2) is 0 Å². The summed E-state index contributed by atoms with van der Waals surface area (Å²) < 4.78 is 402. The second kappa shape index (κ2) is 43.8. The molecule has 0 aliphatic carbocycles. The Bertz CT molecular complexity index is 3790. The Morgan fingerprint density at radius 3 is 0.350 bits per heavy atom. The molecule has 0 aliphatic rings. The normalized spacial score (nSPS) is 12.3. The fourth-order valence-electron chi connectivity index (χ4n) is 5.19. The predicted molar refractivity (Wildman–Crippen MR) is 352 cm³/mol. The monoisotopic (exact) mass is 2370 g/mol. The van der Waals surface area contributed by atoms with Crippen LogP contribution in [0.5, 0.6) is 0 Å². The summed E-state index contributed by atoms with van der Waals surface area (Å²) in [6, 6.07) is 17.5. The number of benzene rings is 5. The summed E-state index contributed by atoms with van der Waals surface area (Å²) in [5.41, 5.74) is -2.57. The molecule has 0 saturated carbocycles. The van der Waals surface area contributed by atoms with Crippen LogP contribution in [-0.4, -0.2) is 177 Å². The van der Waals surface area contributed by atoms with Crippen molar-refractivity contribution in [2.75, 3.05) is 0 Å². The number of hydrogen-bond acceptors (Lipinski definition) is 25. The Morgan fingerprint density at radius 1 is 0.183 bits per heavy atom. The van der Waals surface area contributed by atoms with E-state index >= 15 is 0 Å². The molecule has 0 radical (unpaired) electrons. The molecule has 0 bridgehead atoms. The molecular formula is C55H25F30I5O30. The number of alkyl halides is 30. The number of halogens is 35. The topological polar surface area (TPSA) is 450 Å². The van der Waals surface area contributed by atoms with Crippen LogP contribution in [0.1, 0.15) is 51.8 Å². The molecular weight excluding hydrogens is 2350 g/mol. The number of hydrogen-bond donors (Lipinski definition) is 5. The van der Waals surface area contributed by atoms with Gasteiger partial charge in [-0.3, -0.25) is 0 Å². The molecule has 0 heterocycles. The molecule has 0 atom stereocenters. The third-order valence-corrected chi connectivity index (χ3v) is 26.4. The van der Waals surface area contributed by atoms with Crippen LogP contribution in [-0.2, 0) is 78.6 Å². The van der Waals surface area contributed by atoms with Crippen LogP contribution in [0.25, 0.3) is 0 Å². The Balaban J connectivity index is 0.000000750. The minimum absolute atomic E-state index is 0.513. The van der Waals surface area contributed by atoms with Gasteiger partial charge in [0.1, 0.15) is 0 Å². The molecule has 120 heavy (non-hydrogen) atoms. The minimum atomic E-state index is -5.54. The summed E-state index contributed by atoms with van der Waals surface area (Å²) in [6.45, 7) is 0. The Labute approximate surface area is 676 Å². The summed E-state index contributed by atoms with van der Waals surface area (Å²) in [6.07, 6.45) is -55.4. The average Bonchev–Trinajstić information content (AvgIpc) is 0.847. The van der Waals surface area contributed by atoms with E-state index in [0.717, 1.165) is 91.0 Å². The number of carboxylic acid groups (broad SMARTS) is 5. The predicted octanol–water partition coefficient (Wildman–Crippen LogP) is 15.5. The molecule has 0 amide bonds. The molecule has 0 aliphatic heterocycles. The van der Waals surface area contributed by atoms with E-state index in [4.69, 9.17) is 25.5 Å². The molecule has 0 spiro atoms. The van der Waals surface area contributed by atoms with Crippen LogP contribution < -0.4 is 0 Å². The zero-order valence-corrected chi connectivity index (χ0v) is 65.5. The average molecular weight is 2370 g/mol. The molecule has 5 N–H and O–H groups in total. The van der Waals surface area contributed by atoms with E-state index < -0.39 is 300 Å². The third kappa shape index (κ3) is 38.0. The van der Waals surface area contributed by atoms with Gasteiger partial charge in [-0.05, 0) is 0 Å². The van der Waals surface area contributed by atoms with Gasteiger partial charge in [-0.15, -0.1) is 0 Å². The fourth-order valence-corrected chi connectivity index (χ4v) is 19.8. The summed E-state index contributed by atoms with van der Waals surface area (Å²) in [7, 11) is 0. The second-order valence-corrected chi connectivity index (χ2v) is 35.6. The number of carbonyl (C=O) groups is 15. The first-order chi connectivity index (χ1) is 54.1. The fraction of sp³-hybridized carbons (Fsp3) is 0.182. The molecule has 670 valence electrons. The maximum atomic E-state index is 12.2. The van der Waals surface area contributed by atoms with Gasteiger partial charge in [0.2, 0.25) is 0 Å². The van der Waals surface area contributed by atoms with Crippen molar-refractivity contribution < 1.29 is 260 Å². The second-order valence-electron chi connectivity index (χ2n) is 18.8. The van der Waals surface area contributed by atoms with Crippen molar-refractivity contribution >= 4 is 193 Å². The van der Waals surface area contributed by atoms with E-state index in [-0.39, 0.29) is 0 Å². The molecule has 5 aromatic rings. The van der Waals surface area contributed by atoms with Gasteiger partial charge in [-0.2, -0.15) is 0 Å². The molecule has 0 unspecified atom stereocenters. The molecule has 65 heteroatoms. The van der Waals surface area contributed by atoms with Crippen LogP contribution in [0.2, 0.25) is 0 Å². The summed E-state index contributed by atoms with van der Waals surface area (Å²) in [5, 5.41) is 43.8. The SMILES string of the molecule is O=C(O)c1cccc(I(OC(=O)C(F)(F)F)OC(=O)C(F)(F)F)c1.O=C(O)c1cccc(I(OC(=O)C(F)(F)F)OC(=O)C(F)(F)F)c1.O=C(O)c1cccc(I(OC(=O)C(F)(F)F)OC(=O)C(F)(F)F)c1.O=C(O)c1cccc(I(OC(=O)C(F)(F)F)OC(=O)C(F)(F)F)c1.O=C(O)c1cccc(I(OC(=O)C(F)(F)F)OC(=O)C(F)(F)F)c1. The van der Waals surface area contributed by atoms with Crippen molar-refractivity contribution in [3.05, 3.63) is 167 Å². The van der Waals surface area contributed by atoms with E-state index in [1.807, 2.05) is 0 Å². The first kappa shape index (κ1) is 108. The maximum absolute atomic E-state index is 12.2. The van der Waals surface area contributed by atoms with E-state index in [2.05, 4.69) is 30.7 Å². The quantitative estimate of drug-likeness (QED) is 0.0357. The van der Waals surface area contributed by atoms with Crippen LogP contribution in [0.15, 0.2) is 121 Å². The standard InChI is InChI=1S/5C11H5F6IO6/c5*12-10(13,14)8(21)23-18(24-9(22)11(15,16)17)6-3-1-2-5(4-6)7(19)20/h5*1-4H,(H,19,20). The van der Waals surface area contributed by atoms with Gasteiger partial charge < -0.3 is 0 Å². The number of rotatable bonds is 20. The van der Waals surface area contributed by atoms with Crippen molar-refractivity contribution in [1.29, 1.82) is 0 Å². The van der Waals surface area contributed by atoms with Crippen molar-refractivity contribution in [2.45, 2.75) is 61.8 Å². The van der Waals surface area contributed by atoms with Gasteiger partial charge in [0, 0.05) is 0 Å². The Hall–Kier alpha value is -10.3. The van der Waals surface area contributed by atoms with Gasteiger partial charge >= 0.3 is 681 Å². The van der Waals surface area contributed by atoms with Crippen LogP contribution in [0, 0.1) is 17.9 Å². The van der Waals surface area contributed by atoms with E-state index in [0.29, 0.717) is 30.3 Å². The Morgan fingerprint density at radius 2 is 0.275 bits per heavy atom. The summed E-state index contributed by atoms with van der Waals surface area (Å²) >= 11 is -22.9. The Kier molecular flexibility index (Phi) is 39.3. The summed E-state index contributed by atoms with van der Waals surface area (Å²) in [4.78, 5) is 162. The number of aromatic carboxylic acids is 5. The molecule has 0 saturated heterocycles. The zero-order valence-electron chi connectivity index (χ0n) is 54.7. The van der Waals surface area contributed by atoms with Crippen molar-refractivity contribution in [3.63, 3.8) is 0 Å². The van der Waals surface area contributed by atoms with Crippen LogP contribution in [0.4, 0.5) is 132 Å². The first-order valence-electron chi connectivity index (χ1n) is 27.2. The van der Waals surface area contributed by atoms with E-state index in [1.165, 1.54) is 0 Å². The molecule has 0 fully saturated rings. The van der Waals surface area contributed by atoms with E-state index in [9.17, 15) is 204 Å². The van der Waals surface area contributed by atoms with Crippen molar-refractivity contribution in [2.24, 2.45) is 0 Å². The van der Waals surface area contributed by atoms with Crippen molar-refractivity contribution in [1.82, 2.24) is 0 Å². The van der Waals surface area contributed by atoms with Crippen LogP contribution in [0.3, 0.4) is 0 Å². The van der Waals surface area contributed by atoms with Gasteiger partial charge in [0.25, 0.3) is 0 Å². The molecule has 5 rings (SSSR count). The van der Waals surface area contributed by atoms with Crippen molar-refractivity contribution in [3.8, 4) is 0 Å².